The van der Waals surface area contributed by atoms with E-state index < -0.39 is 0 Å². The highest BCUT2D eigenvalue weighted by Crippen LogP contribution is 2.40. The van der Waals surface area contributed by atoms with E-state index in [0.29, 0.717) is 5.92 Å². The Morgan fingerprint density at radius 1 is 1.46 bits per heavy atom. The Morgan fingerprint density at radius 3 is 3.12 bits per heavy atom. The van der Waals surface area contributed by atoms with E-state index in [4.69, 9.17) is 0 Å². The molecule has 2 heterocycles. The van der Waals surface area contributed by atoms with Gasteiger partial charge in [0.15, 0.2) is 0 Å². The second-order valence-electron chi connectivity index (χ2n) is 6.59. The molecule has 6 heteroatoms. The number of anilines is 1. The fourth-order valence-electron chi connectivity index (χ4n) is 3.50. The molecule has 0 saturated heterocycles. The van der Waals surface area contributed by atoms with Crippen molar-refractivity contribution in [2.75, 3.05) is 11.9 Å². The third kappa shape index (κ3) is 2.77. The van der Waals surface area contributed by atoms with Crippen LogP contribution in [0.5, 0.6) is 0 Å². The molecule has 126 valence electrons. The van der Waals surface area contributed by atoms with Crippen molar-refractivity contribution in [3.05, 3.63) is 41.5 Å². The number of nitrogens with zero attached hydrogens (tertiary/aromatic N) is 3. The fourth-order valence-corrected chi connectivity index (χ4v) is 3.50. The molecule has 4 rings (SSSR count). The normalized spacial score (nSPS) is 17.7. The minimum absolute atomic E-state index is 0.0243. The minimum atomic E-state index is -0.0561. The highest BCUT2D eigenvalue weighted by Gasteiger charge is 2.36. The van der Waals surface area contributed by atoms with Gasteiger partial charge in [-0.25, -0.2) is 9.67 Å². The van der Waals surface area contributed by atoms with E-state index in [-0.39, 0.29) is 11.9 Å². The van der Waals surface area contributed by atoms with Gasteiger partial charge in [-0.05, 0) is 50.2 Å². The van der Waals surface area contributed by atoms with Gasteiger partial charge in [-0.2, -0.15) is 5.10 Å². The van der Waals surface area contributed by atoms with Gasteiger partial charge in [-0.1, -0.05) is 12.1 Å². The zero-order valence-electron chi connectivity index (χ0n) is 14.0. The first-order chi connectivity index (χ1) is 11.8. The number of carbonyl (C=O) groups is 1. The molecular formula is C18H23N5O. The minimum Gasteiger partial charge on any atom is -0.384 e. The van der Waals surface area contributed by atoms with Crippen molar-refractivity contribution in [1.29, 1.82) is 0 Å². The summed E-state index contributed by atoms with van der Waals surface area (Å²) in [6.07, 6.45) is 5.98. The van der Waals surface area contributed by atoms with Crippen molar-refractivity contribution in [1.82, 2.24) is 20.1 Å². The van der Waals surface area contributed by atoms with Crippen LogP contribution in [0.15, 0.2) is 24.5 Å². The topological polar surface area (TPSA) is 71.8 Å². The van der Waals surface area contributed by atoms with Crippen molar-refractivity contribution in [3.63, 3.8) is 0 Å². The number of hydrogen-bond donors (Lipinski definition) is 2. The first kappa shape index (κ1) is 15.2. The highest BCUT2D eigenvalue weighted by atomic mass is 16.1. The van der Waals surface area contributed by atoms with Crippen molar-refractivity contribution < 1.29 is 4.79 Å². The number of aryl methyl sites for hydroxylation is 2. The summed E-state index contributed by atoms with van der Waals surface area (Å²) in [4.78, 5) is 17.3. The molecule has 2 aliphatic rings. The van der Waals surface area contributed by atoms with E-state index in [9.17, 15) is 4.79 Å². The largest absolute Gasteiger partial charge is 0.384 e. The zero-order valence-corrected chi connectivity index (χ0v) is 14.0. The molecule has 0 unspecified atom stereocenters. The van der Waals surface area contributed by atoms with E-state index in [1.165, 1.54) is 5.56 Å². The second-order valence-corrected chi connectivity index (χ2v) is 6.59. The summed E-state index contributed by atoms with van der Waals surface area (Å²) in [5.41, 5.74) is 2.96. The highest BCUT2D eigenvalue weighted by molar-refractivity contribution is 6.00. The maximum absolute atomic E-state index is 12.9. The lowest BCUT2D eigenvalue weighted by atomic mass is 9.98. The molecule has 0 spiro atoms. The van der Waals surface area contributed by atoms with Gasteiger partial charge in [0.2, 0.25) is 0 Å². The van der Waals surface area contributed by atoms with E-state index in [2.05, 4.69) is 26.8 Å². The Bertz CT molecular complexity index is 750. The summed E-state index contributed by atoms with van der Waals surface area (Å²) in [5, 5.41) is 10.9. The molecule has 2 N–H and O–H groups in total. The Balaban J connectivity index is 1.61. The predicted molar refractivity (Wildman–Crippen MR) is 91.9 cm³/mol. The van der Waals surface area contributed by atoms with Crippen LogP contribution in [0.2, 0.25) is 0 Å². The molecule has 1 aliphatic heterocycles. The molecule has 1 atom stereocenters. The second kappa shape index (κ2) is 6.26. The number of benzene rings is 1. The lowest BCUT2D eigenvalue weighted by Gasteiger charge is -2.23. The average Bonchev–Trinajstić information content (AvgIpc) is 3.35. The van der Waals surface area contributed by atoms with Crippen LogP contribution in [0.4, 0.5) is 5.69 Å². The molecule has 2 aromatic rings. The summed E-state index contributed by atoms with van der Waals surface area (Å²) < 4.78 is 1.88. The summed E-state index contributed by atoms with van der Waals surface area (Å²) in [5.74, 6) is 1.31. The average molecular weight is 325 g/mol. The molecule has 1 aromatic carbocycles. The SMILES string of the molecule is CCn1ncnc1[C@@H](NC(=O)c1cccc2c1NCCC2)C1CC1. The van der Waals surface area contributed by atoms with E-state index >= 15 is 0 Å². The van der Waals surface area contributed by atoms with Crippen molar-refractivity contribution in [2.24, 2.45) is 5.92 Å². The van der Waals surface area contributed by atoms with Crippen LogP contribution in [0.3, 0.4) is 0 Å². The van der Waals surface area contributed by atoms with Gasteiger partial charge < -0.3 is 10.6 Å². The van der Waals surface area contributed by atoms with E-state index in [0.717, 1.165) is 55.8 Å². The first-order valence-electron chi connectivity index (χ1n) is 8.82. The number of para-hydroxylation sites is 1. The molecule has 24 heavy (non-hydrogen) atoms. The van der Waals surface area contributed by atoms with Crippen LogP contribution in [-0.4, -0.2) is 27.2 Å². The van der Waals surface area contributed by atoms with E-state index in [1.807, 2.05) is 23.7 Å². The van der Waals surface area contributed by atoms with Gasteiger partial charge in [-0.3, -0.25) is 4.79 Å². The maximum Gasteiger partial charge on any atom is 0.253 e. The number of nitrogens with one attached hydrogen (secondary N) is 2. The number of aromatic nitrogens is 3. The van der Waals surface area contributed by atoms with Gasteiger partial charge in [-0.15, -0.1) is 0 Å². The number of rotatable bonds is 5. The molecule has 1 fully saturated rings. The zero-order chi connectivity index (χ0) is 16.5. The Labute approximate surface area is 141 Å². The van der Waals surface area contributed by atoms with Crippen LogP contribution in [0.1, 0.15) is 54.0 Å². The summed E-state index contributed by atoms with van der Waals surface area (Å²) in [6.45, 7) is 3.73. The van der Waals surface area contributed by atoms with Gasteiger partial charge in [0.05, 0.1) is 17.3 Å². The first-order valence-corrected chi connectivity index (χ1v) is 8.82. The maximum atomic E-state index is 12.9. The monoisotopic (exact) mass is 325 g/mol. The Kier molecular flexibility index (Phi) is 3.96. The molecule has 6 nitrogen and oxygen atoms in total. The van der Waals surface area contributed by atoms with Crippen LogP contribution >= 0.6 is 0 Å². The summed E-state index contributed by atoms with van der Waals surface area (Å²) in [6, 6.07) is 5.92. The lowest BCUT2D eigenvalue weighted by molar-refractivity contribution is 0.0929. The van der Waals surface area contributed by atoms with Crippen molar-refractivity contribution in [3.8, 4) is 0 Å². The molecule has 0 bridgehead atoms. The molecule has 1 aromatic heterocycles. The number of carbonyl (C=O) groups excluding carboxylic acids is 1. The van der Waals surface area contributed by atoms with Gasteiger partial charge in [0.1, 0.15) is 12.2 Å². The molecule has 0 radical (unpaired) electrons. The molecule has 1 aliphatic carbocycles. The summed E-state index contributed by atoms with van der Waals surface area (Å²) >= 11 is 0. The summed E-state index contributed by atoms with van der Waals surface area (Å²) in [7, 11) is 0. The Hall–Kier alpha value is -2.37. The predicted octanol–water partition coefficient (Wildman–Crippen LogP) is 2.54. The number of fused-ring (bicyclic) bond motifs is 1. The van der Waals surface area contributed by atoms with Crippen LogP contribution in [0.25, 0.3) is 0 Å². The van der Waals surface area contributed by atoms with Crippen LogP contribution in [0, 0.1) is 5.92 Å². The number of hydrogen-bond acceptors (Lipinski definition) is 4. The third-order valence-electron chi connectivity index (χ3n) is 4.92. The quantitative estimate of drug-likeness (QED) is 0.886. The smallest absolute Gasteiger partial charge is 0.253 e. The number of amides is 1. The third-order valence-corrected chi connectivity index (χ3v) is 4.92. The van der Waals surface area contributed by atoms with Crippen LogP contribution in [-0.2, 0) is 13.0 Å². The molecular weight excluding hydrogens is 302 g/mol. The van der Waals surface area contributed by atoms with Crippen LogP contribution < -0.4 is 10.6 Å². The lowest BCUT2D eigenvalue weighted by Crippen LogP contribution is -2.33. The van der Waals surface area contributed by atoms with Gasteiger partial charge in [0, 0.05) is 13.1 Å². The standard InChI is InChI=1S/C18H23N5O/c1-2-23-17(20-11-21-23)16(13-8-9-13)22-18(24)14-7-3-5-12-6-4-10-19-15(12)14/h3,5,7,11,13,16,19H,2,4,6,8-10H2,1H3,(H,22,24)/t16-/m0/s1. The fraction of sp³-hybridized carbons (Fsp3) is 0.500. The van der Waals surface area contributed by atoms with Crippen molar-refractivity contribution >= 4 is 11.6 Å². The van der Waals surface area contributed by atoms with Gasteiger partial charge in [0.25, 0.3) is 5.91 Å². The van der Waals surface area contributed by atoms with Crippen molar-refractivity contribution in [2.45, 2.75) is 45.2 Å². The molecule has 1 saturated carbocycles. The van der Waals surface area contributed by atoms with Gasteiger partial charge >= 0.3 is 0 Å². The van der Waals surface area contributed by atoms with E-state index in [1.54, 1.807) is 6.33 Å². The molecule has 1 amide bonds. The Morgan fingerprint density at radius 2 is 2.33 bits per heavy atom.